The van der Waals surface area contributed by atoms with Crippen molar-refractivity contribution in [2.45, 2.75) is 6.43 Å². The van der Waals surface area contributed by atoms with Crippen molar-refractivity contribution >= 4 is 22.5 Å². The molecule has 1 heterocycles. The first-order chi connectivity index (χ1) is 7.34. The Hall–Kier alpha value is -1.83. The molecule has 0 amide bonds. The molecule has 0 fully saturated rings. The van der Waals surface area contributed by atoms with Crippen LogP contribution in [0, 0.1) is 10.1 Å². The quantitative estimate of drug-likeness (QED) is 0.502. The van der Waals surface area contributed by atoms with Gasteiger partial charge in [-0.3, -0.25) is 19.7 Å². The van der Waals surface area contributed by atoms with Gasteiger partial charge in [0.05, 0.1) is 10.6 Å². The molecular formula is C7H3ClF2N2O4. The summed E-state index contributed by atoms with van der Waals surface area (Å²) in [6.45, 7) is 0. The van der Waals surface area contributed by atoms with E-state index in [9.17, 15) is 28.5 Å². The van der Waals surface area contributed by atoms with Crippen LogP contribution in [0.15, 0.2) is 10.9 Å². The largest absolute Gasteiger partial charge is 0.344 e. The van der Waals surface area contributed by atoms with Gasteiger partial charge in [-0.05, 0) is 11.6 Å². The van der Waals surface area contributed by atoms with E-state index in [2.05, 4.69) is 0 Å². The number of pyridine rings is 1. The minimum absolute atomic E-state index is 0.353. The second kappa shape index (κ2) is 4.35. The molecule has 86 valence electrons. The summed E-state index contributed by atoms with van der Waals surface area (Å²) in [4.78, 5) is 32.9. The summed E-state index contributed by atoms with van der Waals surface area (Å²) in [6.07, 6.45) is -3.07. The number of aromatic amines is 1. The lowest BCUT2D eigenvalue weighted by Crippen LogP contribution is -2.16. The predicted octanol–water partition coefficient (Wildman–Crippen LogP) is 1.60. The average molecular weight is 253 g/mol. The summed E-state index contributed by atoms with van der Waals surface area (Å²) in [5.74, 6) is 0. The highest BCUT2D eigenvalue weighted by molar-refractivity contribution is 6.67. The number of nitro groups is 1. The van der Waals surface area contributed by atoms with Crippen LogP contribution in [0.1, 0.15) is 22.6 Å². The standard InChI is InChI=1S/C7H3ClF2N2O4/c8-6(14)4-5(12(15)16)3(13)1-2(11-4)7(9)10/h1,7H,(H,11,13). The Balaban J connectivity index is 3.59. The van der Waals surface area contributed by atoms with E-state index in [4.69, 9.17) is 11.6 Å². The van der Waals surface area contributed by atoms with Gasteiger partial charge in [-0.15, -0.1) is 0 Å². The van der Waals surface area contributed by atoms with E-state index >= 15 is 0 Å². The van der Waals surface area contributed by atoms with Crippen molar-refractivity contribution in [2.24, 2.45) is 0 Å². The van der Waals surface area contributed by atoms with Crippen molar-refractivity contribution in [3.05, 3.63) is 37.8 Å². The van der Waals surface area contributed by atoms with Gasteiger partial charge in [0, 0.05) is 6.07 Å². The highest BCUT2D eigenvalue weighted by Crippen LogP contribution is 2.20. The van der Waals surface area contributed by atoms with Crippen LogP contribution in [0.3, 0.4) is 0 Å². The number of carbonyl (C=O) groups is 1. The van der Waals surface area contributed by atoms with E-state index in [1.807, 2.05) is 0 Å². The van der Waals surface area contributed by atoms with E-state index in [1.165, 1.54) is 0 Å². The predicted molar refractivity (Wildman–Crippen MR) is 48.9 cm³/mol. The van der Waals surface area contributed by atoms with Crippen molar-refractivity contribution < 1.29 is 18.5 Å². The highest BCUT2D eigenvalue weighted by Gasteiger charge is 2.26. The fourth-order valence-corrected chi connectivity index (χ4v) is 1.15. The van der Waals surface area contributed by atoms with Gasteiger partial charge < -0.3 is 4.98 Å². The number of rotatable bonds is 3. The van der Waals surface area contributed by atoms with Gasteiger partial charge in [-0.2, -0.15) is 0 Å². The van der Waals surface area contributed by atoms with Gasteiger partial charge >= 0.3 is 5.69 Å². The van der Waals surface area contributed by atoms with Crippen LogP contribution in [0.4, 0.5) is 14.5 Å². The summed E-state index contributed by atoms with van der Waals surface area (Å²) in [7, 11) is 0. The number of halogens is 3. The molecule has 16 heavy (non-hydrogen) atoms. The summed E-state index contributed by atoms with van der Waals surface area (Å²) in [6, 6.07) is 0.353. The van der Waals surface area contributed by atoms with Crippen molar-refractivity contribution in [3.8, 4) is 0 Å². The number of nitrogens with zero attached hydrogens (tertiary/aromatic N) is 1. The van der Waals surface area contributed by atoms with E-state index in [-0.39, 0.29) is 0 Å². The van der Waals surface area contributed by atoms with Crippen LogP contribution >= 0.6 is 11.6 Å². The molecule has 0 aliphatic heterocycles. The minimum Gasteiger partial charge on any atom is -0.344 e. The molecule has 1 aromatic heterocycles. The van der Waals surface area contributed by atoms with E-state index in [0.29, 0.717) is 6.07 Å². The number of alkyl halides is 2. The molecule has 0 saturated heterocycles. The number of nitrogens with one attached hydrogen (secondary N) is 1. The van der Waals surface area contributed by atoms with Crippen LogP contribution in [0.2, 0.25) is 0 Å². The number of hydrogen-bond acceptors (Lipinski definition) is 4. The number of aromatic nitrogens is 1. The third kappa shape index (κ3) is 2.22. The first-order valence-electron chi connectivity index (χ1n) is 3.74. The maximum atomic E-state index is 12.2. The molecule has 0 aliphatic rings. The topological polar surface area (TPSA) is 93.1 Å². The molecule has 0 aromatic carbocycles. The fourth-order valence-electron chi connectivity index (χ4n) is 1.01. The summed E-state index contributed by atoms with van der Waals surface area (Å²) < 4.78 is 24.5. The molecule has 0 spiro atoms. The van der Waals surface area contributed by atoms with Crippen LogP contribution in [-0.4, -0.2) is 15.1 Å². The van der Waals surface area contributed by atoms with Crippen LogP contribution in [0.25, 0.3) is 0 Å². The Labute approximate surface area is 91.0 Å². The number of H-pyrrole nitrogens is 1. The highest BCUT2D eigenvalue weighted by atomic mass is 35.5. The van der Waals surface area contributed by atoms with Gasteiger partial charge in [0.1, 0.15) is 0 Å². The molecule has 1 rings (SSSR count). The Morgan fingerprint density at radius 1 is 1.56 bits per heavy atom. The molecule has 0 aliphatic carbocycles. The Morgan fingerprint density at radius 3 is 2.50 bits per heavy atom. The van der Waals surface area contributed by atoms with Crippen molar-refractivity contribution in [3.63, 3.8) is 0 Å². The Bertz CT molecular complexity index is 514. The monoisotopic (exact) mass is 252 g/mol. The summed E-state index contributed by atoms with van der Waals surface area (Å²) in [5, 5.41) is 9.03. The molecule has 0 bridgehead atoms. The third-order valence-electron chi connectivity index (χ3n) is 1.64. The van der Waals surface area contributed by atoms with E-state index < -0.39 is 39.1 Å². The van der Waals surface area contributed by atoms with Gasteiger partial charge in [-0.25, -0.2) is 8.78 Å². The van der Waals surface area contributed by atoms with E-state index in [1.54, 1.807) is 4.98 Å². The van der Waals surface area contributed by atoms with Crippen LogP contribution in [0.5, 0.6) is 0 Å². The lowest BCUT2D eigenvalue weighted by atomic mass is 10.2. The summed E-state index contributed by atoms with van der Waals surface area (Å²) >= 11 is 4.94. The second-order valence-corrected chi connectivity index (χ2v) is 2.99. The van der Waals surface area contributed by atoms with Gasteiger partial charge in [0.15, 0.2) is 5.69 Å². The molecule has 0 atom stereocenters. The zero-order valence-electron chi connectivity index (χ0n) is 7.37. The first-order valence-corrected chi connectivity index (χ1v) is 4.12. The minimum atomic E-state index is -3.07. The van der Waals surface area contributed by atoms with Crippen LogP contribution < -0.4 is 5.43 Å². The molecular weight excluding hydrogens is 250 g/mol. The van der Waals surface area contributed by atoms with E-state index in [0.717, 1.165) is 0 Å². The fraction of sp³-hybridized carbons (Fsp3) is 0.143. The maximum absolute atomic E-state index is 12.2. The Kier molecular flexibility index (Phi) is 3.33. The smallest absolute Gasteiger partial charge is 0.344 e. The molecule has 9 heteroatoms. The molecule has 1 N–H and O–H groups in total. The molecule has 0 unspecified atom stereocenters. The SMILES string of the molecule is O=C(Cl)c1[nH]c(C(F)F)cc(=O)c1[N+](=O)[O-]. The normalized spacial score (nSPS) is 10.5. The second-order valence-electron chi connectivity index (χ2n) is 2.64. The molecule has 1 aromatic rings. The molecule has 6 nitrogen and oxygen atoms in total. The Morgan fingerprint density at radius 2 is 2.12 bits per heavy atom. The van der Waals surface area contributed by atoms with Crippen molar-refractivity contribution in [1.82, 2.24) is 4.98 Å². The van der Waals surface area contributed by atoms with Gasteiger partial charge in [-0.1, -0.05) is 0 Å². The average Bonchev–Trinajstić information content (AvgIpc) is 2.15. The number of carbonyl (C=O) groups excluding carboxylic acids is 1. The van der Waals surface area contributed by atoms with Crippen molar-refractivity contribution in [2.75, 3.05) is 0 Å². The van der Waals surface area contributed by atoms with Gasteiger partial charge in [0.25, 0.3) is 17.1 Å². The summed E-state index contributed by atoms with van der Waals surface area (Å²) in [5.41, 5.74) is -4.30. The lowest BCUT2D eigenvalue weighted by Gasteiger charge is -2.02. The maximum Gasteiger partial charge on any atom is 0.344 e. The first kappa shape index (κ1) is 12.2. The van der Waals surface area contributed by atoms with Crippen molar-refractivity contribution in [1.29, 1.82) is 0 Å². The van der Waals surface area contributed by atoms with Gasteiger partial charge in [0.2, 0.25) is 0 Å². The van der Waals surface area contributed by atoms with Crippen LogP contribution in [-0.2, 0) is 0 Å². The number of hydrogen-bond donors (Lipinski definition) is 1. The molecule has 0 saturated carbocycles. The zero-order chi connectivity index (χ0) is 12.5. The third-order valence-corrected chi connectivity index (χ3v) is 1.83. The zero-order valence-corrected chi connectivity index (χ0v) is 8.12. The lowest BCUT2D eigenvalue weighted by molar-refractivity contribution is -0.386. The molecule has 0 radical (unpaired) electrons.